The predicted molar refractivity (Wildman–Crippen MR) is 79.4 cm³/mol. The average molecular weight is 334 g/mol. The Balaban J connectivity index is 2.92. The van der Waals surface area contributed by atoms with Crippen molar-refractivity contribution in [3.05, 3.63) is 0 Å². The van der Waals surface area contributed by atoms with E-state index in [2.05, 4.69) is 0 Å². The first-order chi connectivity index (χ1) is 10.3. The molecule has 0 aromatic heterocycles. The molecule has 1 heterocycles. The molecule has 22 heavy (non-hydrogen) atoms. The minimum absolute atomic E-state index is 0.0610. The Kier molecular flexibility index (Phi) is 7.67. The summed E-state index contributed by atoms with van der Waals surface area (Å²) in [4.78, 5) is 33.7. The Hall–Kier alpha value is -1.28. The maximum absolute atomic E-state index is 11.4. The Labute approximate surface area is 134 Å². The van der Waals surface area contributed by atoms with Gasteiger partial charge in [-0.1, -0.05) is 6.92 Å². The van der Waals surface area contributed by atoms with Crippen LogP contribution in [0.4, 0.5) is 0 Å². The van der Waals surface area contributed by atoms with Gasteiger partial charge in [0.05, 0.1) is 11.9 Å². The van der Waals surface area contributed by atoms with Gasteiger partial charge in [0.25, 0.3) is 0 Å². The van der Waals surface area contributed by atoms with E-state index in [9.17, 15) is 14.4 Å². The van der Waals surface area contributed by atoms with Gasteiger partial charge in [0, 0.05) is 20.8 Å². The molecule has 1 aliphatic heterocycles. The van der Waals surface area contributed by atoms with Crippen molar-refractivity contribution in [2.75, 3.05) is 19.0 Å². The molecule has 0 N–H and O–H groups in total. The lowest BCUT2D eigenvalue weighted by Crippen LogP contribution is -2.56. The Morgan fingerprint density at radius 2 is 1.64 bits per heavy atom. The zero-order chi connectivity index (χ0) is 16.7. The molecule has 0 saturated carbocycles. The van der Waals surface area contributed by atoms with E-state index in [4.69, 9.17) is 18.9 Å². The fraction of sp³-hybridized carbons (Fsp3) is 0.786. The van der Waals surface area contributed by atoms with E-state index >= 15 is 0 Å². The van der Waals surface area contributed by atoms with Crippen LogP contribution in [-0.2, 0) is 33.3 Å². The molecule has 126 valence electrons. The highest BCUT2D eigenvalue weighted by Gasteiger charge is 2.45. The van der Waals surface area contributed by atoms with E-state index in [1.165, 1.54) is 20.8 Å². The van der Waals surface area contributed by atoms with Gasteiger partial charge < -0.3 is 18.9 Å². The van der Waals surface area contributed by atoms with Gasteiger partial charge in [0.15, 0.2) is 12.2 Å². The van der Waals surface area contributed by atoms with E-state index in [0.717, 1.165) is 5.75 Å². The van der Waals surface area contributed by atoms with Crippen molar-refractivity contribution in [1.29, 1.82) is 0 Å². The molecule has 0 aliphatic carbocycles. The quantitative estimate of drug-likeness (QED) is 0.524. The highest BCUT2D eigenvalue weighted by atomic mass is 32.2. The van der Waals surface area contributed by atoms with Crippen molar-refractivity contribution in [3.63, 3.8) is 0 Å². The summed E-state index contributed by atoms with van der Waals surface area (Å²) in [5, 5.41) is -0.146. The van der Waals surface area contributed by atoms with Crippen LogP contribution in [0.2, 0.25) is 0 Å². The largest absolute Gasteiger partial charge is 0.463 e. The molecule has 0 spiro atoms. The molecule has 0 amide bonds. The van der Waals surface area contributed by atoms with Crippen LogP contribution in [-0.4, -0.2) is 60.4 Å². The van der Waals surface area contributed by atoms with Crippen LogP contribution < -0.4 is 0 Å². The van der Waals surface area contributed by atoms with Crippen molar-refractivity contribution < 1.29 is 33.3 Å². The topological polar surface area (TPSA) is 88.1 Å². The molecule has 7 nitrogen and oxygen atoms in total. The minimum atomic E-state index is -0.807. The summed E-state index contributed by atoms with van der Waals surface area (Å²) < 4.78 is 21.2. The molecular weight excluding hydrogens is 312 g/mol. The Bertz CT molecular complexity index is 412. The first-order valence-electron chi connectivity index (χ1n) is 7.06. The summed E-state index contributed by atoms with van der Waals surface area (Å²) in [6, 6.07) is 0. The standard InChI is InChI=1S/C14H22O7S/c1-5-22-12-7-19-11(6-18-8(2)15)13(20-9(3)16)14(12)21-10(4)17/h11-14H,5-7H2,1-4H3/t11-,12+,13-,14-/m1/s1. The molecule has 8 heteroatoms. The van der Waals surface area contributed by atoms with Crippen molar-refractivity contribution >= 4 is 29.7 Å². The summed E-state index contributed by atoms with van der Waals surface area (Å²) >= 11 is 1.56. The lowest BCUT2D eigenvalue weighted by Gasteiger charge is -2.40. The van der Waals surface area contributed by atoms with Crippen LogP contribution in [0, 0.1) is 0 Å². The van der Waals surface area contributed by atoms with Crippen molar-refractivity contribution in [1.82, 2.24) is 0 Å². The average Bonchev–Trinajstić information content (AvgIpc) is 2.40. The molecule has 0 aromatic rings. The minimum Gasteiger partial charge on any atom is -0.463 e. The van der Waals surface area contributed by atoms with Gasteiger partial charge in [-0.15, -0.1) is 0 Å². The SMILES string of the molecule is CCS[C@H]1CO[C@H](COC(C)=O)[C@@H](OC(C)=O)[C@@H]1OC(C)=O. The monoisotopic (exact) mass is 334 g/mol. The molecule has 1 saturated heterocycles. The van der Waals surface area contributed by atoms with Crippen LogP contribution in [0.5, 0.6) is 0 Å². The lowest BCUT2D eigenvalue weighted by atomic mass is 10.0. The van der Waals surface area contributed by atoms with Gasteiger partial charge in [0.1, 0.15) is 12.7 Å². The van der Waals surface area contributed by atoms with E-state index in [1.54, 1.807) is 11.8 Å². The molecule has 0 radical (unpaired) electrons. The second-order valence-electron chi connectivity index (χ2n) is 4.82. The normalized spacial score (nSPS) is 27.8. The number of rotatable bonds is 6. The maximum atomic E-state index is 11.4. The first-order valence-corrected chi connectivity index (χ1v) is 8.11. The Morgan fingerprint density at radius 3 is 2.14 bits per heavy atom. The third kappa shape index (κ3) is 5.84. The number of carbonyl (C=O) groups is 3. The highest BCUT2D eigenvalue weighted by molar-refractivity contribution is 7.99. The number of thioether (sulfide) groups is 1. The third-order valence-corrected chi connectivity index (χ3v) is 4.13. The van der Waals surface area contributed by atoms with Gasteiger partial charge in [-0.25, -0.2) is 0 Å². The first kappa shape index (κ1) is 18.8. The summed E-state index contributed by atoms with van der Waals surface area (Å²) in [6.07, 6.45) is -2.11. The molecule has 0 unspecified atom stereocenters. The van der Waals surface area contributed by atoms with Gasteiger partial charge >= 0.3 is 17.9 Å². The Morgan fingerprint density at radius 1 is 1.05 bits per heavy atom. The van der Waals surface area contributed by atoms with Crippen LogP contribution in [0.25, 0.3) is 0 Å². The molecule has 1 aliphatic rings. The maximum Gasteiger partial charge on any atom is 0.303 e. The van der Waals surface area contributed by atoms with Gasteiger partial charge in [0.2, 0.25) is 0 Å². The molecular formula is C14H22O7S. The smallest absolute Gasteiger partial charge is 0.303 e. The lowest BCUT2D eigenvalue weighted by molar-refractivity contribution is -0.198. The number of esters is 3. The van der Waals surface area contributed by atoms with Gasteiger partial charge in [-0.05, 0) is 5.75 Å². The molecule has 4 atom stereocenters. The summed E-state index contributed by atoms with van der Waals surface area (Å²) in [5.74, 6) is -0.635. The predicted octanol–water partition coefficient (Wildman–Crippen LogP) is 0.933. The fourth-order valence-electron chi connectivity index (χ4n) is 2.20. The van der Waals surface area contributed by atoms with Crippen LogP contribution in [0.15, 0.2) is 0 Å². The van der Waals surface area contributed by atoms with E-state index in [1.807, 2.05) is 6.92 Å². The third-order valence-electron chi connectivity index (χ3n) is 2.97. The second-order valence-corrected chi connectivity index (χ2v) is 6.33. The van der Waals surface area contributed by atoms with E-state index in [0.29, 0.717) is 6.61 Å². The number of carbonyl (C=O) groups excluding carboxylic acids is 3. The van der Waals surface area contributed by atoms with Crippen LogP contribution in [0.3, 0.4) is 0 Å². The number of hydrogen-bond donors (Lipinski definition) is 0. The van der Waals surface area contributed by atoms with Gasteiger partial charge in [-0.3, -0.25) is 14.4 Å². The van der Waals surface area contributed by atoms with Crippen molar-refractivity contribution in [2.45, 2.75) is 51.3 Å². The molecule has 1 rings (SSSR count). The summed E-state index contributed by atoms with van der Waals surface area (Å²) in [6.45, 7) is 6.08. The zero-order valence-corrected chi connectivity index (χ0v) is 14.0. The highest BCUT2D eigenvalue weighted by Crippen LogP contribution is 2.29. The number of ether oxygens (including phenoxy) is 4. The molecule has 0 aromatic carbocycles. The van der Waals surface area contributed by atoms with Crippen molar-refractivity contribution in [2.24, 2.45) is 0 Å². The molecule has 0 bridgehead atoms. The fourth-order valence-corrected chi connectivity index (χ4v) is 3.20. The second kappa shape index (κ2) is 8.99. The zero-order valence-electron chi connectivity index (χ0n) is 13.2. The summed E-state index contributed by atoms with van der Waals surface area (Å²) in [7, 11) is 0. The van der Waals surface area contributed by atoms with Crippen LogP contribution >= 0.6 is 11.8 Å². The van der Waals surface area contributed by atoms with Crippen molar-refractivity contribution in [3.8, 4) is 0 Å². The van der Waals surface area contributed by atoms with E-state index < -0.39 is 36.2 Å². The number of hydrogen-bond acceptors (Lipinski definition) is 8. The van der Waals surface area contributed by atoms with Crippen LogP contribution in [0.1, 0.15) is 27.7 Å². The van der Waals surface area contributed by atoms with E-state index in [-0.39, 0.29) is 11.9 Å². The van der Waals surface area contributed by atoms with Gasteiger partial charge in [-0.2, -0.15) is 11.8 Å². The molecule has 1 fully saturated rings. The summed E-state index contributed by atoms with van der Waals surface area (Å²) in [5.41, 5.74) is 0.